The van der Waals surface area contributed by atoms with Crippen LogP contribution in [0, 0.1) is 17.1 Å². The molecule has 3 N–H and O–H groups in total. The second-order valence-electron chi connectivity index (χ2n) is 7.32. The Morgan fingerprint density at radius 1 is 1.16 bits per heavy atom. The molecule has 1 amide bonds. The van der Waals surface area contributed by atoms with Crippen molar-refractivity contribution in [1.29, 1.82) is 5.26 Å². The van der Waals surface area contributed by atoms with E-state index in [0.717, 1.165) is 0 Å². The van der Waals surface area contributed by atoms with Gasteiger partial charge in [-0.05, 0) is 54.8 Å². The van der Waals surface area contributed by atoms with Gasteiger partial charge in [0, 0.05) is 28.3 Å². The number of amides is 1. The minimum atomic E-state index is -0.711. The molecule has 8 heteroatoms. The Hall–Kier alpha value is -3.63. The van der Waals surface area contributed by atoms with E-state index in [2.05, 4.69) is 11.5 Å². The molecule has 1 heterocycles. The number of ketones is 1. The molecule has 1 atom stereocenters. The number of Topliss-reactive ketones (excluding diaryl/α,β-unsaturated/α-hetero) is 1. The largest absolute Gasteiger partial charge is 0.383 e. The normalized spacial score (nSPS) is 18.5. The molecule has 2 aromatic carbocycles. The first-order valence-electron chi connectivity index (χ1n) is 9.69. The first-order chi connectivity index (χ1) is 14.9. The van der Waals surface area contributed by atoms with Gasteiger partial charge in [-0.25, -0.2) is 9.40 Å². The van der Waals surface area contributed by atoms with E-state index in [1.165, 1.54) is 17.1 Å². The highest BCUT2D eigenvalue weighted by Crippen LogP contribution is 2.44. The standard InChI is InChI=1S/C23H18ClFN4O2/c24-15-8-4-14(5-9-15)23(31)28-29-18-2-1-3-19(30)21(18)20(17(12-26)22(29)27)13-6-10-16(25)11-7-13/h4-11,20H,1-3,27H2,(H,28,31). The molecule has 1 unspecified atom stereocenters. The number of nitrogens with two attached hydrogens (primary N) is 1. The first-order valence-corrected chi connectivity index (χ1v) is 10.1. The summed E-state index contributed by atoms with van der Waals surface area (Å²) in [4.78, 5) is 25.7. The van der Waals surface area contributed by atoms with Gasteiger partial charge in [-0.3, -0.25) is 15.0 Å². The third-order valence-electron chi connectivity index (χ3n) is 5.44. The van der Waals surface area contributed by atoms with Gasteiger partial charge in [-0.2, -0.15) is 5.26 Å². The van der Waals surface area contributed by atoms with E-state index < -0.39 is 17.6 Å². The van der Waals surface area contributed by atoms with E-state index in [1.54, 1.807) is 36.4 Å². The summed E-state index contributed by atoms with van der Waals surface area (Å²) in [6.45, 7) is 0. The first kappa shape index (κ1) is 20.6. The Balaban J connectivity index is 1.79. The molecule has 31 heavy (non-hydrogen) atoms. The molecular formula is C23H18ClFN4O2. The Kier molecular flexibility index (Phi) is 5.49. The second kappa shape index (κ2) is 8.25. The lowest BCUT2D eigenvalue weighted by atomic mass is 9.76. The molecule has 156 valence electrons. The van der Waals surface area contributed by atoms with Crippen molar-refractivity contribution in [2.45, 2.75) is 25.2 Å². The molecule has 4 rings (SSSR count). The number of halogens is 2. The third-order valence-corrected chi connectivity index (χ3v) is 5.69. The SMILES string of the molecule is N#CC1=C(N)N(NC(=O)c2ccc(Cl)cc2)C2=C(C(=O)CCC2)C1c1ccc(F)cc1. The molecule has 0 saturated carbocycles. The summed E-state index contributed by atoms with van der Waals surface area (Å²) in [6, 6.07) is 14.0. The smallest absolute Gasteiger partial charge is 0.270 e. The summed E-state index contributed by atoms with van der Waals surface area (Å²) in [5, 5.41) is 11.7. The Morgan fingerprint density at radius 2 is 1.84 bits per heavy atom. The van der Waals surface area contributed by atoms with Crippen molar-refractivity contribution in [3.63, 3.8) is 0 Å². The van der Waals surface area contributed by atoms with Crippen LogP contribution in [-0.2, 0) is 4.79 Å². The Morgan fingerprint density at radius 3 is 2.48 bits per heavy atom. The topological polar surface area (TPSA) is 99.2 Å². The van der Waals surface area contributed by atoms with Crippen LogP contribution in [0.1, 0.15) is 41.1 Å². The van der Waals surface area contributed by atoms with Crippen LogP contribution in [0.5, 0.6) is 0 Å². The molecule has 0 aromatic heterocycles. The molecule has 0 saturated heterocycles. The number of hydrogen-bond donors (Lipinski definition) is 2. The molecule has 0 bridgehead atoms. The number of hydrogen-bond acceptors (Lipinski definition) is 5. The molecule has 2 aromatic rings. The third kappa shape index (κ3) is 3.78. The number of benzene rings is 2. The van der Waals surface area contributed by atoms with E-state index in [4.69, 9.17) is 17.3 Å². The summed E-state index contributed by atoms with van der Waals surface area (Å²) >= 11 is 5.89. The maximum Gasteiger partial charge on any atom is 0.270 e. The van der Waals surface area contributed by atoms with Gasteiger partial charge in [0.25, 0.3) is 5.91 Å². The summed E-state index contributed by atoms with van der Waals surface area (Å²) in [5.74, 6) is -1.68. The second-order valence-corrected chi connectivity index (χ2v) is 7.75. The monoisotopic (exact) mass is 436 g/mol. The molecule has 0 fully saturated rings. The number of carbonyl (C=O) groups excluding carboxylic acids is 2. The molecular weight excluding hydrogens is 419 g/mol. The van der Waals surface area contributed by atoms with Gasteiger partial charge in [0.2, 0.25) is 0 Å². The van der Waals surface area contributed by atoms with Crippen molar-refractivity contribution in [3.05, 3.63) is 93.2 Å². The lowest BCUT2D eigenvalue weighted by Crippen LogP contribution is -2.48. The fourth-order valence-corrected chi connectivity index (χ4v) is 4.10. The lowest BCUT2D eigenvalue weighted by molar-refractivity contribution is -0.116. The zero-order valence-corrected chi connectivity index (χ0v) is 17.1. The van der Waals surface area contributed by atoms with Crippen LogP contribution in [-0.4, -0.2) is 16.7 Å². The van der Waals surface area contributed by atoms with Crippen molar-refractivity contribution in [2.24, 2.45) is 5.73 Å². The highest BCUT2D eigenvalue weighted by molar-refractivity contribution is 6.30. The van der Waals surface area contributed by atoms with E-state index in [1.807, 2.05) is 0 Å². The summed E-state index contributed by atoms with van der Waals surface area (Å²) in [6.07, 6.45) is 1.42. The minimum absolute atomic E-state index is 0.0348. The maximum absolute atomic E-state index is 13.5. The Labute approximate surface area is 183 Å². The predicted octanol–water partition coefficient (Wildman–Crippen LogP) is 3.92. The van der Waals surface area contributed by atoms with Crippen LogP contribution < -0.4 is 11.2 Å². The molecule has 1 aliphatic heterocycles. The highest BCUT2D eigenvalue weighted by atomic mass is 35.5. The fraction of sp³-hybridized carbons (Fsp3) is 0.174. The van der Waals surface area contributed by atoms with Crippen molar-refractivity contribution in [3.8, 4) is 6.07 Å². The number of nitriles is 1. The van der Waals surface area contributed by atoms with Gasteiger partial charge >= 0.3 is 0 Å². The van der Waals surface area contributed by atoms with Crippen molar-refractivity contribution in [1.82, 2.24) is 10.4 Å². The number of carbonyl (C=O) groups is 2. The average Bonchev–Trinajstić information content (AvgIpc) is 2.76. The van der Waals surface area contributed by atoms with Crippen LogP contribution in [0.2, 0.25) is 5.02 Å². The van der Waals surface area contributed by atoms with Gasteiger partial charge in [0.05, 0.1) is 17.6 Å². The van der Waals surface area contributed by atoms with E-state index >= 15 is 0 Å². The number of nitrogens with zero attached hydrogens (tertiary/aromatic N) is 2. The van der Waals surface area contributed by atoms with Crippen molar-refractivity contribution >= 4 is 23.3 Å². The van der Waals surface area contributed by atoms with Crippen LogP contribution in [0.25, 0.3) is 0 Å². The number of hydrazine groups is 1. The van der Waals surface area contributed by atoms with Crippen molar-refractivity contribution in [2.75, 3.05) is 0 Å². The van der Waals surface area contributed by atoms with Gasteiger partial charge < -0.3 is 5.73 Å². The van der Waals surface area contributed by atoms with Gasteiger partial charge in [0.1, 0.15) is 11.6 Å². The Bertz CT molecular complexity index is 1160. The zero-order chi connectivity index (χ0) is 22.1. The van der Waals surface area contributed by atoms with Crippen molar-refractivity contribution < 1.29 is 14.0 Å². The molecule has 2 aliphatic rings. The van der Waals surface area contributed by atoms with E-state index in [9.17, 15) is 19.2 Å². The number of rotatable bonds is 3. The zero-order valence-electron chi connectivity index (χ0n) is 16.4. The van der Waals surface area contributed by atoms with E-state index in [0.29, 0.717) is 46.7 Å². The maximum atomic E-state index is 13.5. The van der Waals surface area contributed by atoms with Gasteiger partial charge in [0.15, 0.2) is 5.78 Å². The summed E-state index contributed by atoms with van der Waals surface area (Å²) < 4.78 is 13.5. The minimum Gasteiger partial charge on any atom is -0.383 e. The predicted molar refractivity (Wildman–Crippen MR) is 113 cm³/mol. The van der Waals surface area contributed by atoms with E-state index in [-0.39, 0.29) is 17.2 Å². The number of nitrogens with one attached hydrogen (secondary N) is 1. The molecule has 6 nitrogen and oxygen atoms in total. The lowest BCUT2D eigenvalue weighted by Gasteiger charge is -2.39. The molecule has 1 aliphatic carbocycles. The average molecular weight is 437 g/mol. The van der Waals surface area contributed by atoms with Gasteiger partial charge in [-0.15, -0.1) is 0 Å². The van der Waals surface area contributed by atoms with Crippen LogP contribution in [0.4, 0.5) is 4.39 Å². The fourth-order valence-electron chi connectivity index (χ4n) is 3.97. The van der Waals surface area contributed by atoms with Gasteiger partial charge in [-0.1, -0.05) is 23.7 Å². The summed E-state index contributed by atoms with van der Waals surface area (Å²) in [7, 11) is 0. The molecule has 0 radical (unpaired) electrons. The van der Waals surface area contributed by atoms with Crippen LogP contribution >= 0.6 is 11.6 Å². The molecule has 0 spiro atoms. The van der Waals surface area contributed by atoms with Crippen LogP contribution in [0.3, 0.4) is 0 Å². The number of allylic oxidation sites excluding steroid dienone is 3. The highest BCUT2D eigenvalue weighted by Gasteiger charge is 2.40. The summed E-state index contributed by atoms with van der Waals surface area (Å²) in [5.41, 5.74) is 11.0. The van der Waals surface area contributed by atoms with Crippen LogP contribution in [0.15, 0.2) is 71.2 Å². The quantitative estimate of drug-likeness (QED) is 0.759.